The molecule has 0 atom stereocenters. The fourth-order valence-corrected chi connectivity index (χ4v) is 2.11. The summed E-state index contributed by atoms with van der Waals surface area (Å²) in [5.74, 6) is 1.74. The Balaban J connectivity index is 0.000000574. The van der Waals surface area contributed by atoms with Crippen LogP contribution in [0.15, 0.2) is 36.5 Å². The summed E-state index contributed by atoms with van der Waals surface area (Å²) in [7, 11) is 1.50. The van der Waals surface area contributed by atoms with E-state index in [0.717, 1.165) is 40.6 Å². The number of halogens is 1. The Morgan fingerprint density at radius 3 is 2.83 bits per heavy atom. The second-order valence-electron chi connectivity index (χ2n) is 3.80. The maximum absolute atomic E-state index is 5.97. The molecule has 1 aromatic heterocycles. The van der Waals surface area contributed by atoms with Crippen molar-refractivity contribution in [2.75, 3.05) is 7.05 Å². The summed E-state index contributed by atoms with van der Waals surface area (Å²) in [6.07, 6.45) is 3.61. The molecule has 0 unspecified atom stereocenters. The van der Waals surface area contributed by atoms with E-state index in [-0.39, 0.29) is 0 Å². The summed E-state index contributed by atoms with van der Waals surface area (Å²) in [6, 6.07) is 9.57. The van der Waals surface area contributed by atoms with E-state index < -0.39 is 0 Å². The molecule has 0 aliphatic carbocycles. The third-order valence-corrected chi connectivity index (χ3v) is 2.96. The maximum atomic E-state index is 5.97. The molecular weight excluding hydrogens is 248 g/mol. The van der Waals surface area contributed by atoms with Gasteiger partial charge in [-0.25, -0.2) is 0 Å². The maximum Gasteiger partial charge on any atom is 0.148 e. The van der Waals surface area contributed by atoms with Crippen LogP contribution in [0.4, 0.5) is 0 Å². The first kappa shape index (κ1) is 12.9. The van der Waals surface area contributed by atoms with Crippen LogP contribution in [-0.2, 0) is 12.8 Å². The van der Waals surface area contributed by atoms with E-state index in [1.165, 1.54) is 7.05 Å². The minimum atomic E-state index is 0.751. The zero-order valence-corrected chi connectivity index (χ0v) is 10.9. The predicted molar refractivity (Wildman–Crippen MR) is 73.3 cm³/mol. The highest BCUT2D eigenvalue weighted by molar-refractivity contribution is 6.30. The SMILES string of the molecule is CN.Clc1ccc2c(c1)CCc1ncccc1O2. The average Bonchev–Trinajstić information content (AvgIpc) is 2.60. The number of ether oxygens (including phenoxy) is 1. The number of aromatic nitrogens is 1. The topological polar surface area (TPSA) is 48.1 Å². The molecule has 0 amide bonds. The monoisotopic (exact) mass is 262 g/mol. The normalized spacial score (nSPS) is 12.2. The van der Waals surface area contributed by atoms with E-state index in [4.69, 9.17) is 16.3 Å². The van der Waals surface area contributed by atoms with Gasteiger partial charge in [-0.1, -0.05) is 11.6 Å². The number of aryl methyl sites for hydroxylation is 2. The van der Waals surface area contributed by atoms with Crippen molar-refractivity contribution in [1.82, 2.24) is 4.98 Å². The lowest BCUT2D eigenvalue weighted by Gasteiger charge is -2.07. The quantitative estimate of drug-likeness (QED) is 0.793. The Morgan fingerprint density at radius 2 is 2.00 bits per heavy atom. The van der Waals surface area contributed by atoms with Gasteiger partial charge in [0.05, 0.1) is 5.69 Å². The second kappa shape index (κ2) is 5.85. The van der Waals surface area contributed by atoms with Gasteiger partial charge in [-0.3, -0.25) is 4.98 Å². The Labute approximate surface area is 112 Å². The van der Waals surface area contributed by atoms with Gasteiger partial charge >= 0.3 is 0 Å². The molecule has 2 N–H and O–H groups in total. The first-order valence-electron chi connectivity index (χ1n) is 5.81. The van der Waals surface area contributed by atoms with Crippen LogP contribution in [0.3, 0.4) is 0 Å². The molecule has 3 nitrogen and oxygen atoms in total. The van der Waals surface area contributed by atoms with Crippen molar-refractivity contribution in [3.63, 3.8) is 0 Å². The van der Waals surface area contributed by atoms with E-state index in [1.807, 2.05) is 30.3 Å². The van der Waals surface area contributed by atoms with E-state index in [2.05, 4.69) is 10.7 Å². The molecule has 0 bridgehead atoms. The number of hydrogen-bond donors (Lipinski definition) is 1. The Morgan fingerprint density at radius 1 is 1.17 bits per heavy atom. The molecule has 4 heteroatoms. The van der Waals surface area contributed by atoms with Crippen molar-refractivity contribution in [3.8, 4) is 11.5 Å². The molecule has 0 spiro atoms. The molecular formula is C14H15ClN2O. The summed E-state index contributed by atoms with van der Waals surface area (Å²) in [6.45, 7) is 0. The molecule has 0 fully saturated rings. The number of pyridine rings is 1. The molecule has 94 valence electrons. The van der Waals surface area contributed by atoms with Crippen LogP contribution in [-0.4, -0.2) is 12.0 Å². The minimum absolute atomic E-state index is 0.751. The van der Waals surface area contributed by atoms with Gasteiger partial charge in [0.1, 0.15) is 11.5 Å². The first-order valence-corrected chi connectivity index (χ1v) is 6.18. The molecule has 2 aromatic rings. The molecule has 2 heterocycles. The second-order valence-corrected chi connectivity index (χ2v) is 4.24. The van der Waals surface area contributed by atoms with Crippen LogP contribution in [0.5, 0.6) is 11.5 Å². The van der Waals surface area contributed by atoms with E-state index in [9.17, 15) is 0 Å². The summed E-state index contributed by atoms with van der Waals surface area (Å²) in [5, 5.41) is 0.751. The summed E-state index contributed by atoms with van der Waals surface area (Å²) >= 11 is 5.97. The molecule has 18 heavy (non-hydrogen) atoms. The fraction of sp³-hybridized carbons (Fsp3) is 0.214. The first-order chi connectivity index (χ1) is 8.83. The fourth-order valence-electron chi connectivity index (χ4n) is 1.92. The van der Waals surface area contributed by atoms with Crippen molar-refractivity contribution < 1.29 is 4.74 Å². The zero-order valence-electron chi connectivity index (χ0n) is 10.2. The molecule has 0 radical (unpaired) electrons. The van der Waals surface area contributed by atoms with Crippen LogP contribution in [0, 0.1) is 0 Å². The number of rotatable bonds is 0. The number of fused-ring (bicyclic) bond motifs is 2. The van der Waals surface area contributed by atoms with Crippen molar-refractivity contribution in [1.29, 1.82) is 0 Å². The van der Waals surface area contributed by atoms with Gasteiger partial charge in [-0.15, -0.1) is 0 Å². The lowest BCUT2D eigenvalue weighted by atomic mass is 10.1. The minimum Gasteiger partial charge on any atom is -0.455 e. The Hall–Kier alpha value is -1.58. The highest BCUT2D eigenvalue weighted by Gasteiger charge is 2.15. The van der Waals surface area contributed by atoms with Crippen molar-refractivity contribution in [3.05, 3.63) is 52.8 Å². The Bertz CT molecular complexity index is 543. The van der Waals surface area contributed by atoms with Crippen LogP contribution in [0.2, 0.25) is 5.02 Å². The van der Waals surface area contributed by atoms with Gasteiger partial charge < -0.3 is 10.5 Å². The highest BCUT2D eigenvalue weighted by atomic mass is 35.5. The summed E-state index contributed by atoms with van der Waals surface area (Å²) in [4.78, 5) is 4.33. The smallest absolute Gasteiger partial charge is 0.148 e. The Kier molecular flexibility index (Phi) is 4.18. The lowest BCUT2D eigenvalue weighted by molar-refractivity contribution is 0.476. The number of nitrogens with zero attached hydrogens (tertiary/aromatic N) is 1. The molecule has 1 aliphatic heterocycles. The van der Waals surface area contributed by atoms with Crippen LogP contribution in [0.25, 0.3) is 0 Å². The molecule has 3 rings (SSSR count). The summed E-state index contributed by atoms with van der Waals surface area (Å²) < 4.78 is 5.84. The largest absolute Gasteiger partial charge is 0.455 e. The van der Waals surface area contributed by atoms with E-state index >= 15 is 0 Å². The van der Waals surface area contributed by atoms with Gasteiger partial charge in [0.25, 0.3) is 0 Å². The molecule has 1 aliphatic rings. The number of hydrogen-bond acceptors (Lipinski definition) is 3. The van der Waals surface area contributed by atoms with E-state index in [0.29, 0.717) is 0 Å². The van der Waals surface area contributed by atoms with Crippen molar-refractivity contribution >= 4 is 11.6 Å². The van der Waals surface area contributed by atoms with Crippen LogP contribution < -0.4 is 10.5 Å². The molecule has 0 saturated heterocycles. The van der Waals surface area contributed by atoms with Crippen molar-refractivity contribution in [2.45, 2.75) is 12.8 Å². The van der Waals surface area contributed by atoms with Gasteiger partial charge in [-0.2, -0.15) is 0 Å². The third kappa shape index (κ3) is 2.63. The van der Waals surface area contributed by atoms with Gasteiger partial charge in [0, 0.05) is 11.2 Å². The van der Waals surface area contributed by atoms with Gasteiger partial charge in [0.2, 0.25) is 0 Å². The number of benzene rings is 1. The van der Waals surface area contributed by atoms with E-state index in [1.54, 1.807) is 6.20 Å². The molecule has 1 aromatic carbocycles. The lowest BCUT2D eigenvalue weighted by Crippen LogP contribution is -1.91. The predicted octanol–water partition coefficient (Wildman–Crippen LogP) is 3.20. The zero-order chi connectivity index (χ0) is 13.0. The molecule has 0 saturated carbocycles. The average molecular weight is 263 g/mol. The standard InChI is InChI=1S/C13H10ClNO.CH5N/c14-10-4-6-12-9(8-10)3-5-11-13(16-12)2-1-7-15-11;1-2/h1-2,4,6-8H,3,5H2;2H2,1H3. The van der Waals surface area contributed by atoms with Crippen molar-refractivity contribution in [2.24, 2.45) is 5.73 Å². The van der Waals surface area contributed by atoms with Crippen LogP contribution in [0.1, 0.15) is 11.3 Å². The summed E-state index contributed by atoms with van der Waals surface area (Å²) in [5.41, 5.74) is 6.65. The van der Waals surface area contributed by atoms with Gasteiger partial charge in [-0.05, 0) is 55.8 Å². The highest BCUT2D eigenvalue weighted by Crippen LogP contribution is 2.33. The van der Waals surface area contributed by atoms with Gasteiger partial charge in [0.15, 0.2) is 0 Å². The third-order valence-electron chi connectivity index (χ3n) is 2.72. The van der Waals surface area contributed by atoms with Crippen LogP contribution >= 0.6 is 11.6 Å². The number of nitrogens with two attached hydrogens (primary N) is 1.